The molecule has 0 spiro atoms. The number of nitrogens with one attached hydrogen (secondary N) is 1. The molecule has 17 heavy (non-hydrogen) atoms. The van der Waals surface area contributed by atoms with Gasteiger partial charge >= 0.3 is 5.97 Å². The van der Waals surface area contributed by atoms with Crippen molar-refractivity contribution in [1.29, 1.82) is 0 Å². The van der Waals surface area contributed by atoms with Crippen molar-refractivity contribution in [3.8, 4) is 0 Å². The average molecular weight is 254 g/mol. The van der Waals surface area contributed by atoms with Crippen LogP contribution < -0.4 is 5.32 Å². The molecular weight excluding hydrogens is 242 g/mol. The quantitative estimate of drug-likeness (QED) is 0.814. The zero-order valence-corrected chi connectivity index (χ0v) is 10.2. The molecule has 0 saturated carbocycles. The Hall–Kier alpha value is -1.81. The van der Waals surface area contributed by atoms with E-state index in [9.17, 15) is 9.59 Å². The predicted octanol–water partition coefficient (Wildman–Crippen LogP) is 2.70. The van der Waals surface area contributed by atoms with Gasteiger partial charge in [-0.3, -0.25) is 4.79 Å². The van der Waals surface area contributed by atoms with Gasteiger partial charge in [-0.25, -0.2) is 4.79 Å². The first-order chi connectivity index (χ1) is 7.90. The number of rotatable bonds is 3. The predicted molar refractivity (Wildman–Crippen MR) is 67.2 cm³/mol. The average Bonchev–Trinajstić information content (AvgIpc) is 2.20. The molecule has 0 heterocycles. The number of halogens is 1. The summed E-state index contributed by atoms with van der Waals surface area (Å²) in [5.74, 6) is -1.29. The number of carbonyl (C=O) groups excluding carboxylic acids is 1. The van der Waals surface area contributed by atoms with Crippen molar-refractivity contribution in [2.75, 3.05) is 5.32 Å². The maximum Gasteiger partial charge on any atom is 0.328 e. The number of hydrogen-bond acceptors (Lipinski definition) is 2. The van der Waals surface area contributed by atoms with Gasteiger partial charge < -0.3 is 10.4 Å². The van der Waals surface area contributed by atoms with E-state index >= 15 is 0 Å². The second kappa shape index (κ2) is 5.50. The van der Waals surface area contributed by atoms with Crippen LogP contribution in [0.2, 0.25) is 5.02 Å². The van der Waals surface area contributed by atoms with Gasteiger partial charge in [0, 0.05) is 23.7 Å². The van der Waals surface area contributed by atoms with Crippen molar-refractivity contribution in [1.82, 2.24) is 0 Å². The zero-order valence-electron chi connectivity index (χ0n) is 9.45. The molecule has 2 N–H and O–H groups in total. The molecule has 1 aromatic carbocycles. The van der Waals surface area contributed by atoms with Crippen LogP contribution in [-0.2, 0) is 9.59 Å². The number of benzene rings is 1. The van der Waals surface area contributed by atoms with E-state index in [2.05, 4.69) is 5.32 Å². The number of anilines is 1. The number of aryl methyl sites for hydroxylation is 1. The van der Waals surface area contributed by atoms with Crippen LogP contribution in [0.5, 0.6) is 0 Å². The van der Waals surface area contributed by atoms with Gasteiger partial charge in [-0.1, -0.05) is 11.6 Å². The van der Waals surface area contributed by atoms with Crippen molar-refractivity contribution in [2.45, 2.75) is 13.8 Å². The molecule has 0 aliphatic carbocycles. The first-order valence-corrected chi connectivity index (χ1v) is 5.26. The van der Waals surface area contributed by atoms with E-state index in [1.54, 1.807) is 19.1 Å². The maximum absolute atomic E-state index is 11.0. The minimum absolute atomic E-state index is 0.241. The number of carbonyl (C=O) groups is 2. The summed E-state index contributed by atoms with van der Waals surface area (Å²) in [5.41, 5.74) is 1.90. The summed E-state index contributed by atoms with van der Waals surface area (Å²) in [7, 11) is 0. The Bertz CT molecular complexity index is 495. The zero-order chi connectivity index (χ0) is 13.0. The number of carboxylic acids is 1. The summed E-state index contributed by atoms with van der Waals surface area (Å²) < 4.78 is 0. The molecule has 1 amide bonds. The highest BCUT2D eigenvalue weighted by Gasteiger charge is 2.06. The Morgan fingerprint density at radius 1 is 1.41 bits per heavy atom. The van der Waals surface area contributed by atoms with Crippen LogP contribution >= 0.6 is 11.6 Å². The van der Waals surface area contributed by atoms with Crippen molar-refractivity contribution in [3.05, 3.63) is 34.4 Å². The second-order valence-electron chi connectivity index (χ2n) is 3.54. The standard InChI is InChI=1S/C12H12ClNO3/c1-7-5-9(3-4-12(16)17)11(6-10(7)13)14-8(2)15/h3-6H,1-2H3,(H,14,15)(H,16,17). The lowest BCUT2D eigenvalue weighted by Crippen LogP contribution is -2.07. The van der Waals surface area contributed by atoms with Gasteiger partial charge in [-0.15, -0.1) is 0 Å². The van der Waals surface area contributed by atoms with E-state index in [0.29, 0.717) is 16.3 Å². The molecule has 5 heteroatoms. The number of carboxylic acid groups (broad SMARTS) is 1. The van der Waals surface area contributed by atoms with Crippen LogP contribution in [0.1, 0.15) is 18.1 Å². The van der Waals surface area contributed by atoms with Gasteiger partial charge in [-0.2, -0.15) is 0 Å². The fraction of sp³-hybridized carbons (Fsp3) is 0.167. The molecule has 0 aliphatic heterocycles. The Morgan fingerprint density at radius 3 is 2.59 bits per heavy atom. The Balaban J connectivity index is 3.20. The van der Waals surface area contributed by atoms with Crippen molar-refractivity contribution >= 4 is 35.2 Å². The lowest BCUT2D eigenvalue weighted by molar-refractivity contribution is -0.131. The summed E-state index contributed by atoms with van der Waals surface area (Å²) in [6.45, 7) is 3.18. The van der Waals surface area contributed by atoms with E-state index in [4.69, 9.17) is 16.7 Å². The second-order valence-corrected chi connectivity index (χ2v) is 3.95. The smallest absolute Gasteiger partial charge is 0.328 e. The van der Waals surface area contributed by atoms with Crippen LogP contribution in [-0.4, -0.2) is 17.0 Å². The molecule has 0 unspecified atom stereocenters. The first-order valence-electron chi connectivity index (χ1n) is 4.89. The van der Waals surface area contributed by atoms with Gasteiger partial charge in [-0.05, 0) is 36.3 Å². The highest BCUT2D eigenvalue weighted by molar-refractivity contribution is 6.31. The van der Waals surface area contributed by atoms with Crippen molar-refractivity contribution < 1.29 is 14.7 Å². The van der Waals surface area contributed by atoms with E-state index in [1.807, 2.05) is 0 Å². The normalized spacial score (nSPS) is 10.5. The van der Waals surface area contributed by atoms with Crippen LogP contribution in [0.3, 0.4) is 0 Å². The van der Waals surface area contributed by atoms with Crippen LogP contribution in [0.25, 0.3) is 6.08 Å². The van der Waals surface area contributed by atoms with Crippen molar-refractivity contribution in [3.63, 3.8) is 0 Å². The summed E-state index contributed by atoms with van der Waals surface area (Å²) >= 11 is 5.94. The molecule has 0 aliphatic rings. The third kappa shape index (κ3) is 3.92. The van der Waals surface area contributed by atoms with E-state index in [0.717, 1.165) is 11.6 Å². The number of aliphatic carboxylic acids is 1. The van der Waals surface area contributed by atoms with Gasteiger partial charge in [0.15, 0.2) is 0 Å². The van der Waals surface area contributed by atoms with Gasteiger partial charge in [0.25, 0.3) is 0 Å². The molecular formula is C12H12ClNO3. The van der Waals surface area contributed by atoms with Crippen LogP contribution in [0, 0.1) is 6.92 Å². The lowest BCUT2D eigenvalue weighted by atomic mass is 10.1. The van der Waals surface area contributed by atoms with Crippen LogP contribution in [0.15, 0.2) is 18.2 Å². The molecule has 1 rings (SSSR count). The minimum Gasteiger partial charge on any atom is -0.478 e. The van der Waals surface area contributed by atoms with Crippen molar-refractivity contribution in [2.24, 2.45) is 0 Å². The van der Waals surface area contributed by atoms with Gasteiger partial charge in [0.1, 0.15) is 0 Å². The lowest BCUT2D eigenvalue weighted by Gasteiger charge is -2.09. The highest BCUT2D eigenvalue weighted by Crippen LogP contribution is 2.26. The number of amides is 1. The summed E-state index contributed by atoms with van der Waals surface area (Å²) in [6.07, 6.45) is 2.42. The van der Waals surface area contributed by atoms with Crippen LogP contribution in [0.4, 0.5) is 5.69 Å². The van der Waals surface area contributed by atoms with Gasteiger partial charge in [0.05, 0.1) is 0 Å². The molecule has 0 saturated heterocycles. The SMILES string of the molecule is CC(=O)Nc1cc(Cl)c(C)cc1C=CC(=O)O. The Kier molecular flexibility index (Phi) is 4.29. The molecule has 0 aromatic heterocycles. The fourth-order valence-electron chi connectivity index (χ4n) is 1.30. The fourth-order valence-corrected chi connectivity index (χ4v) is 1.46. The monoisotopic (exact) mass is 253 g/mol. The summed E-state index contributed by atoms with van der Waals surface area (Å²) in [4.78, 5) is 21.5. The van der Waals surface area contributed by atoms with E-state index in [-0.39, 0.29) is 5.91 Å². The Morgan fingerprint density at radius 2 is 2.06 bits per heavy atom. The number of hydrogen-bond donors (Lipinski definition) is 2. The third-order valence-electron chi connectivity index (χ3n) is 2.05. The topological polar surface area (TPSA) is 66.4 Å². The summed E-state index contributed by atoms with van der Waals surface area (Å²) in [6, 6.07) is 3.31. The van der Waals surface area contributed by atoms with Gasteiger partial charge in [0.2, 0.25) is 5.91 Å². The molecule has 0 fully saturated rings. The van der Waals surface area contributed by atoms with E-state index < -0.39 is 5.97 Å². The first kappa shape index (κ1) is 13.3. The highest BCUT2D eigenvalue weighted by atomic mass is 35.5. The molecule has 0 radical (unpaired) electrons. The minimum atomic E-state index is -1.05. The molecule has 90 valence electrons. The third-order valence-corrected chi connectivity index (χ3v) is 2.45. The maximum atomic E-state index is 11.0. The molecule has 4 nitrogen and oxygen atoms in total. The largest absolute Gasteiger partial charge is 0.478 e. The molecule has 0 atom stereocenters. The molecule has 1 aromatic rings. The molecule has 0 bridgehead atoms. The Labute approximate surface area is 104 Å². The van der Waals surface area contributed by atoms with E-state index in [1.165, 1.54) is 13.0 Å². The summed E-state index contributed by atoms with van der Waals surface area (Å²) in [5, 5.41) is 11.7.